The summed E-state index contributed by atoms with van der Waals surface area (Å²) in [5, 5.41) is 17.6. The molecule has 0 aliphatic carbocycles. The molecule has 0 amide bonds. The van der Waals surface area contributed by atoms with Crippen molar-refractivity contribution >= 4 is 21.7 Å². The van der Waals surface area contributed by atoms with Crippen LogP contribution in [0.25, 0.3) is 0 Å². The van der Waals surface area contributed by atoms with Crippen LogP contribution in [0.15, 0.2) is 22.8 Å². The molecule has 0 saturated carbocycles. The Hall–Kier alpha value is -0.650. The highest BCUT2D eigenvalue weighted by atomic mass is 79.9. The van der Waals surface area contributed by atoms with Gasteiger partial charge in [0.1, 0.15) is 5.82 Å². The van der Waals surface area contributed by atoms with Crippen molar-refractivity contribution in [2.75, 3.05) is 31.2 Å². The van der Waals surface area contributed by atoms with Crippen LogP contribution in [0.4, 0.5) is 5.82 Å². The van der Waals surface area contributed by atoms with Crippen molar-refractivity contribution in [2.45, 2.75) is 0 Å². The number of hydrogen-bond donors (Lipinski definition) is 2. The average Bonchev–Trinajstić information content (AvgIpc) is 2.19. The number of halogens is 1. The van der Waals surface area contributed by atoms with Gasteiger partial charge >= 0.3 is 0 Å². The molecule has 0 saturated heterocycles. The first kappa shape index (κ1) is 11.4. The molecule has 0 fully saturated rings. The summed E-state index contributed by atoms with van der Waals surface area (Å²) in [6, 6.07) is 3.72. The number of hydrogen-bond acceptors (Lipinski definition) is 4. The smallest absolute Gasteiger partial charge is 0.128 e. The van der Waals surface area contributed by atoms with Gasteiger partial charge in [-0.1, -0.05) is 0 Å². The molecule has 14 heavy (non-hydrogen) atoms. The van der Waals surface area contributed by atoms with Gasteiger partial charge in [0.15, 0.2) is 0 Å². The molecule has 0 bridgehead atoms. The van der Waals surface area contributed by atoms with Crippen LogP contribution in [0.3, 0.4) is 0 Å². The van der Waals surface area contributed by atoms with E-state index in [0.29, 0.717) is 13.1 Å². The van der Waals surface area contributed by atoms with Crippen LogP contribution < -0.4 is 4.90 Å². The van der Waals surface area contributed by atoms with E-state index >= 15 is 0 Å². The van der Waals surface area contributed by atoms with Crippen molar-refractivity contribution < 1.29 is 10.2 Å². The van der Waals surface area contributed by atoms with Crippen LogP contribution in [0, 0.1) is 0 Å². The minimum Gasteiger partial charge on any atom is -0.395 e. The highest BCUT2D eigenvalue weighted by Gasteiger charge is 2.05. The lowest BCUT2D eigenvalue weighted by Gasteiger charge is -2.21. The maximum absolute atomic E-state index is 8.82. The maximum Gasteiger partial charge on any atom is 0.128 e. The Labute approximate surface area is 91.3 Å². The fourth-order valence-electron chi connectivity index (χ4n) is 1.14. The van der Waals surface area contributed by atoms with Crippen LogP contribution in [0.1, 0.15) is 0 Å². The molecule has 0 aliphatic rings. The second kappa shape index (κ2) is 5.95. The Morgan fingerprint density at radius 1 is 1.21 bits per heavy atom. The summed E-state index contributed by atoms with van der Waals surface area (Å²) in [5.41, 5.74) is 0. The summed E-state index contributed by atoms with van der Waals surface area (Å²) >= 11 is 3.29. The van der Waals surface area contributed by atoms with E-state index in [-0.39, 0.29) is 13.2 Å². The molecule has 1 aromatic rings. The first-order chi connectivity index (χ1) is 6.77. The molecule has 0 aromatic carbocycles. The predicted octanol–water partition coefficient (Wildman–Crippen LogP) is 0.635. The van der Waals surface area contributed by atoms with Gasteiger partial charge in [0.25, 0.3) is 0 Å². The highest BCUT2D eigenvalue weighted by molar-refractivity contribution is 9.10. The van der Waals surface area contributed by atoms with Crippen molar-refractivity contribution in [1.29, 1.82) is 0 Å². The molecular weight excluding hydrogens is 248 g/mol. The normalized spacial score (nSPS) is 10.2. The van der Waals surface area contributed by atoms with Crippen molar-refractivity contribution in [2.24, 2.45) is 0 Å². The topological polar surface area (TPSA) is 56.6 Å². The minimum atomic E-state index is 0.0533. The SMILES string of the molecule is OCCN(CCO)c1ccc(Br)cn1. The van der Waals surface area contributed by atoms with Crippen molar-refractivity contribution in [3.63, 3.8) is 0 Å². The average molecular weight is 261 g/mol. The second-order valence-corrected chi connectivity index (χ2v) is 3.68. The van der Waals surface area contributed by atoms with Crippen LogP contribution in [-0.2, 0) is 0 Å². The Bertz CT molecular complexity index is 260. The fourth-order valence-corrected chi connectivity index (χ4v) is 1.37. The highest BCUT2D eigenvalue weighted by Crippen LogP contribution is 2.13. The Morgan fingerprint density at radius 3 is 2.29 bits per heavy atom. The van der Waals surface area contributed by atoms with E-state index in [0.717, 1.165) is 10.3 Å². The van der Waals surface area contributed by atoms with Gasteiger partial charge in [0.2, 0.25) is 0 Å². The molecule has 2 N–H and O–H groups in total. The van der Waals surface area contributed by atoms with Gasteiger partial charge in [0.05, 0.1) is 13.2 Å². The molecule has 5 heteroatoms. The zero-order valence-corrected chi connectivity index (χ0v) is 9.31. The number of aliphatic hydroxyl groups is 2. The summed E-state index contributed by atoms with van der Waals surface area (Å²) in [6.45, 7) is 1.07. The van der Waals surface area contributed by atoms with Gasteiger partial charge in [-0.3, -0.25) is 0 Å². The standard InChI is InChI=1S/C9H13BrN2O2/c10-8-1-2-9(11-7-8)12(3-5-13)4-6-14/h1-2,7,13-14H,3-6H2. The number of anilines is 1. The third-order valence-corrected chi connectivity index (χ3v) is 2.24. The first-order valence-corrected chi connectivity index (χ1v) is 5.15. The van der Waals surface area contributed by atoms with Crippen molar-refractivity contribution in [3.8, 4) is 0 Å². The van der Waals surface area contributed by atoms with E-state index in [1.54, 1.807) is 6.20 Å². The predicted molar refractivity (Wildman–Crippen MR) is 58.3 cm³/mol. The summed E-state index contributed by atoms with van der Waals surface area (Å²) in [6.07, 6.45) is 1.69. The Morgan fingerprint density at radius 2 is 1.86 bits per heavy atom. The number of nitrogens with zero attached hydrogens (tertiary/aromatic N) is 2. The van der Waals surface area contributed by atoms with E-state index in [2.05, 4.69) is 20.9 Å². The molecule has 0 atom stereocenters. The quantitative estimate of drug-likeness (QED) is 0.816. The van der Waals surface area contributed by atoms with Crippen molar-refractivity contribution in [3.05, 3.63) is 22.8 Å². The van der Waals surface area contributed by atoms with Gasteiger partial charge < -0.3 is 15.1 Å². The number of pyridine rings is 1. The summed E-state index contributed by atoms with van der Waals surface area (Å²) < 4.78 is 0.911. The summed E-state index contributed by atoms with van der Waals surface area (Å²) in [7, 11) is 0. The largest absolute Gasteiger partial charge is 0.395 e. The molecule has 0 radical (unpaired) electrons. The molecule has 78 valence electrons. The molecule has 0 unspecified atom stereocenters. The summed E-state index contributed by atoms with van der Waals surface area (Å²) in [4.78, 5) is 6.00. The van der Waals surface area contributed by atoms with Crippen LogP contribution in [0.2, 0.25) is 0 Å². The van der Waals surface area contributed by atoms with Crippen LogP contribution in [-0.4, -0.2) is 41.5 Å². The molecule has 0 spiro atoms. The third-order valence-electron chi connectivity index (χ3n) is 1.78. The van der Waals surface area contributed by atoms with Gasteiger partial charge in [-0.15, -0.1) is 0 Å². The minimum absolute atomic E-state index is 0.0533. The molecule has 4 nitrogen and oxygen atoms in total. The van der Waals surface area contributed by atoms with Gasteiger partial charge in [-0.2, -0.15) is 0 Å². The maximum atomic E-state index is 8.82. The summed E-state index contributed by atoms with van der Waals surface area (Å²) in [5.74, 6) is 0.760. The number of rotatable bonds is 5. The van der Waals surface area contributed by atoms with Gasteiger partial charge in [-0.25, -0.2) is 4.98 Å². The van der Waals surface area contributed by atoms with E-state index in [1.165, 1.54) is 0 Å². The van der Waals surface area contributed by atoms with E-state index in [1.807, 2.05) is 17.0 Å². The Balaban J connectivity index is 2.71. The van der Waals surface area contributed by atoms with Crippen LogP contribution >= 0.6 is 15.9 Å². The zero-order chi connectivity index (χ0) is 10.4. The van der Waals surface area contributed by atoms with E-state index in [4.69, 9.17) is 10.2 Å². The Kier molecular flexibility index (Phi) is 4.86. The third kappa shape index (κ3) is 3.25. The van der Waals surface area contributed by atoms with Gasteiger partial charge in [0, 0.05) is 23.8 Å². The molecule has 1 aromatic heterocycles. The van der Waals surface area contributed by atoms with E-state index < -0.39 is 0 Å². The number of aromatic nitrogens is 1. The zero-order valence-electron chi connectivity index (χ0n) is 7.73. The molecule has 1 heterocycles. The van der Waals surface area contributed by atoms with Crippen LogP contribution in [0.5, 0.6) is 0 Å². The lowest BCUT2D eigenvalue weighted by molar-refractivity contribution is 0.280. The van der Waals surface area contributed by atoms with Gasteiger partial charge in [-0.05, 0) is 28.1 Å². The molecule has 1 rings (SSSR count). The fraction of sp³-hybridized carbons (Fsp3) is 0.444. The number of aliphatic hydroxyl groups excluding tert-OH is 2. The lowest BCUT2D eigenvalue weighted by Crippen LogP contribution is -2.30. The monoisotopic (exact) mass is 260 g/mol. The molecular formula is C9H13BrN2O2. The first-order valence-electron chi connectivity index (χ1n) is 4.36. The molecule has 0 aliphatic heterocycles. The lowest BCUT2D eigenvalue weighted by atomic mass is 10.4. The van der Waals surface area contributed by atoms with E-state index in [9.17, 15) is 0 Å². The van der Waals surface area contributed by atoms with Crippen molar-refractivity contribution in [1.82, 2.24) is 4.98 Å². The second-order valence-electron chi connectivity index (χ2n) is 2.77.